The molecule has 2 aromatic heterocycles. The van der Waals surface area contributed by atoms with Gasteiger partial charge in [0.1, 0.15) is 17.2 Å². The van der Waals surface area contributed by atoms with Gasteiger partial charge < -0.3 is 10.6 Å². The molecule has 174 valence electrons. The second kappa shape index (κ2) is 10.3. The molecule has 0 spiro atoms. The van der Waals surface area contributed by atoms with Crippen molar-refractivity contribution in [1.29, 1.82) is 0 Å². The average Bonchev–Trinajstić information content (AvgIpc) is 3.26. The number of fused-ring (bicyclic) bond motifs is 1. The third kappa shape index (κ3) is 5.43. The number of hydrogen-bond acceptors (Lipinski definition) is 6. The van der Waals surface area contributed by atoms with Crippen LogP contribution in [0.25, 0.3) is 20.7 Å². The van der Waals surface area contributed by atoms with Crippen molar-refractivity contribution in [2.45, 2.75) is 31.0 Å². The van der Waals surface area contributed by atoms with Gasteiger partial charge in [-0.2, -0.15) is 0 Å². The second-order valence-corrected chi connectivity index (χ2v) is 10.2. The maximum atomic E-state index is 13.3. The standard InChI is InChI=1S/C25H23FN4O2S2/c1-14-5-4-6-15(2)22(14)30-21(31)12-27-24(32)16(3)33-25-23-19(28-13-29-25)11-20(34-23)17-7-9-18(26)10-8-17/h4-11,13,16H,12H2,1-3H3,(H,27,32)(H,30,31). The molecule has 1 unspecified atom stereocenters. The van der Waals surface area contributed by atoms with Crippen LogP contribution in [0.2, 0.25) is 0 Å². The summed E-state index contributed by atoms with van der Waals surface area (Å²) in [6.45, 7) is 5.50. The number of aryl methyl sites for hydroxylation is 2. The van der Waals surface area contributed by atoms with E-state index in [1.807, 2.05) is 38.1 Å². The maximum Gasteiger partial charge on any atom is 0.243 e. The van der Waals surface area contributed by atoms with Crippen molar-refractivity contribution in [3.05, 3.63) is 71.8 Å². The van der Waals surface area contributed by atoms with Gasteiger partial charge >= 0.3 is 0 Å². The van der Waals surface area contributed by atoms with E-state index in [2.05, 4.69) is 20.6 Å². The number of thiophene rings is 1. The summed E-state index contributed by atoms with van der Waals surface area (Å²) < 4.78 is 14.1. The molecule has 0 aliphatic carbocycles. The van der Waals surface area contributed by atoms with Crippen LogP contribution in [-0.2, 0) is 9.59 Å². The van der Waals surface area contributed by atoms with Gasteiger partial charge in [0.15, 0.2) is 0 Å². The summed E-state index contributed by atoms with van der Waals surface area (Å²) in [4.78, 5) is 34.6. The lowest BCUT2D eigenvalue weighted by Gasteiger charge is -2.14. The van der Waals surface area contributed by atoms with Crippen molar-refractivity contribution in [3.8, 4) is 10.4 Å². The van der Waals surface area contributed by atoms with Gasteiger partial charge in [0.25, 0.3) is 0 Å². The Balaban J connectivity index is 1.40. The highest BCUT2D eigenvalue weighted by Gasteiger charge is 2.19. The number of anilines is 1. The molecule has 4 rings (SSSR count). The molecule has 0 fully saturated rings. The summed E-state index contributed by atoms with van der Waals surface area (Å²) >= 11 is 2.80. The molecule has 2 N–H and O–H groups in total. The first-order valence-corrected chi connectivity index (χ1v) is 12.3. The van der Waals surface area contributed by atoms with Crippen LogP contribution < -0.4 is 10.6 Å². The number of para-hydroxylation sites is 1. The number of rotatable bonds is 7. The third-order valence-electron chi connectivity index (χ3n) is 5.23. The first-order chi connectivity index (χ1) is 16.3. The first kappa shape index (κ1) is 23.8. The number of benzene rings is 2. The van der Waals surface area contributed by atoms with Gasteiger partial charge in [-0.3, -0.25) is 9.59 Å². The summed E-state index contributed by atoms with van der Waals surface area (Å²) in [6, 6.07) is 14.0. The molecule has 2 heterocycles. The largest absolute Gasteiger partial charge is 0.346 e. The molecule has 0 radical (unpaired) electrons. The van der Waals surface area contributed by atoms with E-state index in [4.69, 9.17) is 0 Å². The van der Waals surface area contributed by atoms with E-state index < -0.39 is 5.25 Å². The van der Waals surface area contributed by atoms with E-state index in [0.717, 1.165) is 37.5 Å². The molecular weight excluding hydrogens is 471 g/mol. The molecule has 0 aliphatic heterocycles. The number of nitrogens with zero attached hydrogens (tertiary/aromatic N) is 2. The Labute approximate surface area is 205 Å². The number of nitrogens with one attached hydrogen (secondary N) is 2. The zero-order chi connectivity index (χ0) is 24.2. The fourth-order valence-corrected chi connectivity index (χ4v) is 5.52. The quantitative estimate of drug-likeness (QED) is 0.267. The van der Waals surface area contributed by atoms with Crippen LogP contribution in [-0.4, -0.2) is 33.6 Å². The molecular formula is C25H23FN4O2S2. The van der Waals surface area contributed by atoms with E-state index >= 15 is 0 Å². The van der Waals surface area contributed by atoms with Gasteiger partial charge in [0.05, 0.1) is 22.0 Å². The monoisotopic (exact) mass is 494 g/mol. The van der Waals surface area contributed by atoms with Crippen molar-refractivity contribution in [3.63, 3.8) is 0 Å². The Morgan fingerprint density at radius 1 is 1.09 bits per heavy atom. The van der Waals surface area contributed by atoms with Crippen molar-refractivity contribution in [2.24, 2.45) is 0 Å². The Kier molecular flexibility index (Phi) is 7.23. The summed E-state index contributed by atoms with van der Waals surface area (Å²) in [7, 11) is 0. The fraction of sp³-hybridized carbons (Fsp3) is 0.200. The SMILES string of the molecule is Cc1cccc(C)c1NC(=O)CNC(=O)C(C)Sc1ncnc2cc(-c3ccc(F)cc3)sc12. The zero-order valence-corrected chi connectivity index (χ0v) is 20.5. The number of amides is 2. The smallest absolute Gasteiger partial charge is 0.243 e. The number of thioether (sulfide) groups is 1. The van der Waals surface area contributed by atoms with Gasteiger partial charge in [-0.25, -0.2) is 14.4 Å². The van der Waals surface area contributed by atoms with Crippen molar-refractivity contribution >= 4 is 50.8 Å². The summed E-state index contributed by atoms with van der Waals surface area (Å²) in [5, 5.41) is 5.78. The number of carbonyl (C=O) groups is 2. The number of hydrogen-bond donors (Lipinski definition) is 2. The minimum absolute atomic E-state index is 0.121. The van der Waals surface area contributed by atoms with Gasteiger partial charge in [0.2, 0.25) is 11.8 Å². The van der Waals surface area contributed by atoms with Crippen LogP contribution in [0, 0.1) is 19.7 Å². The minimum Gasteiger partial charge on any atom is -0.346 e. The first-order valence-electron chi connectivity index (χ1n) is 10.6. The lowest BCUT2D eigenvalue weighted by atomic mass is 10.1. The lowest BCUT2D eigenvalue weighted by Crippen LogP contribution is -2.37. The Morgan fingerprint density at radius 3 is 2.50 bits per heavy atom. The average molecular weight is 495 g/mol. The highest BCUT2D eigenvalue weighted by Crippen LogP contribution is 2.38. The number of carbonyl (C=O) groups excluding carboxylic acids is 2. The predicted octanol–water partition coefficient (Wildman–Crippen LogP) is 5.35. The van der Waals surface area contributed by atoms with Crippen LogP contribution in [0.4, 0.5) is 10.1 Å². The predicted molar refractivity (Wildman–Crippen MR) is 136 cm³/mol. The van der Waals surface area contributed by atoms with Gasteiger partial charge in [-0.1, -0.05) is 42.1 Å². The molecule has 2 aromatic carbocycles. The van der Waals surface area contributed by atoms with E-state index in [1.165, 1.54) is 41.6 Å². The molecule has 0 saturated carbocycles. The fourth-order valence-electron chi connectivity index (χ4n) is 3.40. The zero-order valence-electron chi connectivity index (χ0n) is 18.9. The molecule has 0 saturated heterocycles. The Bertz CT molecular complexity index is 1330. The van der Waals surface area contributed by atoms with Crippen molar-refractivity contribution in [2.75, 3.05) is 11.9 Å². The van der Waals surface area contributed by atoms with E-state index in [1.54, 1.807) is 19.1 Å². The normalized spacial score (nSPS) is 11.9. The van der Waals surface area contributed by atoms with E-state index in [9.17, 15) is 14.0 Å². The van der Waals surface area contributed by atoms with Gasteiger partial charge in [-0.05, 0) is 55.7 Å². The Hall–Kier alpha value is -3.30. The molecule has 4 aromatic rings. The molecule has 6 nitrogen and oxygen atoms in total. The topological polar surface area (TPSA) is 84.0 Å². The van der Waals surface area contributed by atoms with E-state index in [0.29, 0.717) is 5.03 Å². The summed E-state index contributed by atoms with van der Waals surface area (Å²) in [5.74, 6) is -0.832. The number of aromatic nitrogens is 2. The van der Waals surface area contributed by atoms with Crippen molar-refractivity contribution < 1.29 is 14.0 Å². The summed E-state index contributed by atoms with van der Waals surface area (Å²) in [6.07, 6.45) is 1.47. The molecule has 2 amide bonds. The molecule has 9 heteroatoms. The molecule has 0 aliphatic rings. The third-order valence-corrected chi connectivity index (χ3v) is 7.64. The minimum atomic E-state index is -0.470. The van der Waals surface area contributed by atoms with E-state index in [-0.39, 0.29) is 24.2 Å². The highest BCUT2D eigenvalue weighted by atomic mass is 32.2. The van der Waals surface area contributed by atoms with Crippen LogP contribution in [0.15, 0.2) is 59.9 Å². The van der Waals surface area contributed by atoms with Gasteiger partial charge in [0, 0.05) is 10.6 Å². The second-order valence-electron chi connectivity index (χ2n) is 7.80. The molecule has 1 atom stereocenters. The van der Waals surface area contributed by atoms with Gasteiger partial charge in [-0.15, -0.1) is 11.3 Å². The van der Waals surface area contributed by atoms with Crippen LogP contribution in [0.1, 0.15) is 18.1 Å². The maximum absolute atomic E-state index is 13.3. The van der Waals surface area contributed by atoms with Crippen LogP contribution in [0.5, 0.6) is 0 Å². The summed E-state index contributed by atoms with van der Waals surface area (Å²) in [5.41, 5.74) is 4.35. The highest BCUT2D eigenvalue weighted by molar-refractivity contribution is 8.00. The molecule has 0 bridgehead atoms. The van der Waals surface area contributed by atoms with Crippen molar-refractivity contribution in [1.82, 2.24) is 15.3 Å². The van der Waals surface area contributed by atoms with Crippen LogP contribution >= 0.6 is 23.1 Å². The van der Waals surface area contributed by atoms with Crippen LogP contribution in [0.3, 0.4) is 0 Å². The lowest BCUT2D eigenvalue weighted by molar-refractivity contribution is -0.123. The molecule has 34 heavy (non-hydrogen) atoms. The number of halogens is 1. The Morgan fingerprint density at radius 2 is 1.79 bits per heavy atom.